The molecule has 0 radical (unpaired) electrons. The van der Waals surface area contributed by atoms with Crippen LogP contribution in [0, 0.1) is 10.8 Å². The van der Waals surface area contributed by atoms with Crippen molar-refractivity contribution in [2.75, 3.05) is 0 Å². The van der Waals surface area contributed by atoms with E-state index in [-0.39, 0.29) is 22.5 Å². The van der Waals surface area contributed by atoms with E-state index in [1.807, 2.05) is 0 Å². The fourth-order valence-electron chi connectivity index (χ4n) is 2.43. The number of hydrogen-bond donors (Lipinski definition) is 0. The lowest BCUT2D eigenvalue weighted by molar-refractivity contribution is 0.199. The van der Waals surface area contributed by atoms with Gasteiger partial charge in [-0.1, -0.05) is 57.5 Å². The highest BCUT2D eigenvalue weighted by Crippen LogP contribution is 2.59. The molecule has 16 heavy (non-hydrogen) atoms. The van der Waals surface area contributed by atoms with Crippen LogP contribution in [0.5, 0.6) is 0 Å². The average molecular weight is 285 g/mol. The zero-order valence-corrected chi connectivity index (χ0v) is 12.6. The Kier molecular flexibility index (Phi) is 2.50. The van der Waals surface area contributed by atoms with Crippen molar-refractivity contribution in [1.29, 1.82) is 0 Å². The third-order valence-electron chi connectivity index (χ3n) is 3.61. The summed E-state index contributed by atoms with van der Waals surface area (Å²) < 4.78 is 7.22. The molecule has 0 amide bonds. The molecule has 0 saturated carbocycles. The van der Waals surface area contributed by atoms with Crippen molar-refractivity contribution in [3.63, 3.8) is 0 Å². The molecule has 1 fully saturated rings. The number of rotatable bonds is 0. The summed E-state index contributed by atoms with van der Waals surface area (Å²) in [6.07, 6.45) is 4.72. The van der Waals surface area contributed by atoms with Crippen LogP contribution in [0.3, 0.4) is 0 Å². The Bertz CT molecular complexity index is 379. The Morgan fingerprint density at radius 3 is 2.19 bits per heavy atom. The summed E-state index contributed by atoms with van der Waals surface area (Å²) >= 11 is 3.62. The van der Waals surface area contributed by atoms with Gasteiger partial charge in [-0.25, -0.2) is 0 Å². The van der Waals surface area contributed by atoms with E-state index in [1.54, 1.807) is 0 Å². The van der Waals surface area contributed by atoms with Crippen LogP contribution in [-0.2, 0) is 4.74 Å². The highest BCUT2D eigenvalue weighted by molar-refractivity contribution is 9.11. The van der Waals surface area contributed by atoms with Gasteiger partial charge in [-0.15, -0.1) is 0 Å². The predicted octanol–water partition coefficient (Wildman–Crippen LogP) is 4.44. The van der Waals surface area contributed by atoms with Gasteiger partial charge in [0.05, 0.1) is 0 Å². The van der Waals surface area contributed by atoms with Crippen LogP contribution in [0.4, 0.5) is 0 Å². The van der Waals surface area contributed by atoms with Crippen LogP contribution in [0.25, 0.3) is 0 Å². The van der Waals surface area contributed by atoms with Crippen LogP contribution < -0.4 is 0 Å². The molecule has 1 heterocycles. The molecule has 0 aromatic rings. The van der Waals surface area contributed by atoms with E-state index in [0.29, 0.717) is 0 Å². The number of halogens is 1. The van der Waals surface area contributed by atoms with Gasteiger partial charge in [-0.2, -0.15) is 0 Å². The Balaban J connectivity index is 2.41. The molecule has 2 rings (SSSR count). The molecule has 1 aliphatic heterocycles. The third kappa shape index (κ3) is 1.70. The minimum absolute atomic E-state index is 0.0941. The van der Waals surface area contributed by atoms with Crippen molar-refractivity contribution in [2.24, 2.45) is 10.8 Å². The first-order valence-electron chi connectivity index (χ1n) is 5.86. The first kappa shape index (κ1) is 12.4. The summed E-state index contributed by atoms with van der Waals surface area (Å²) in [6.45, 7) is 13.5. The first-order valence-corrected chi connectivity index (χ1v) is 6.65. The molecule has 1 aliphatic carbocycles. The van der Waals surface area contributed by atoms with Crippen molar-refractivity contribution < 1.29 is 4.74 Å². The molecule has 0 N–H and O–H groups in total. The summed E-state index contributed by atoms with van der Waals surface area (Å²) in [5.41, 5.74) is 1.62. The smallest absolute Gasteiger partial charge is 0.123 e. The Labute approximate surface area is 107 Å². The van der Waals surface area contributed by atoms with Gasteiger partial charge in [0, 0.05) is 4.48 Å². The van der Waals surface area contributed by atoms with Crippen LogP contribution >= 0.6 is 15.9 Å². The van der Waals surface area contributed by atoms with Gasteiger partial charge in [-0.3, -0.25) is 0 Å². The van der Waals surface area contributed by atoms with E-state index in [9.17, 15) is 0 Å². The predicted molar refractivity (Wildman–Crippen MR) is 71.6 cm³/mol. The second kappa shape index (κ2) is 3.23. The zero-order chi connectivity index (χ0) is 12.4. The lowest BCUT2D eigenvalue weighted by Gasteiger charge is -2.31. The van der Waals surface area contributed by atoms with Crippen LogP contribution in [0.2, 0.25) is 0 Å². The molecule has 0 aromatic carbocycles. The molecular formula is C14H21BrO. The van der Waals surface area contributed by atoms with Crippen molar-refractivity contribution >= 4 is 15.9 Å². The molecule has 1 saturated heterocycles. The van der Waals surface area contributed by atoms with E-state index < -0.39 is 0 Å². The van der Waals surface area contributed by atoms with E-state index in [2.05, 4.69) is 69.6 Å². The molecule has 2 unspecified atom stereocenters. The number of ether oxygens (including phenoxy) is 1. The third-order valence-corrected chi connectivity index (χ3v) is 4.07. The highest BCUT2D eigenvalue weighted by Gasteiger charge is 2.65. The Morgan fingerprint density at radius 2 is 1.75 bits per heavy atom. The monoisotopic (exact) mass is 284 g/mol. The van der Waals surface area contributed by atoms with Gasteiger partial charge >= 0.3 is 0 Å². The highest BCUT2D eigenvalue weighted by atomic mass is 79.9. The molecule has 0 aromatic heterocycles. The maximum absolute atomic E-state index is 6.06. The van der Waals surface area contributed by atoms with Gasteiger partial charge in [0.2, 0.25) is 0 Å². The van der Waals surface area contributed by atoms with E-state index in [1.165, 1.54) is 5.57 Å². The van der Waals surface area contributed by atoms with Crippen molar-refractivity contribution in [2.45, 2.75) is 53.2 Å². The second-order valence-corrected chi connectivity index (χ2v) is 7.84. The summed E-state index contributed by atoms with van der Waals surface area (Å²) in [6, 6.07) is 0. The quantitative estimate of drug-likeness (QED) is 0.600. The Morgan fingerprint density at radius 1 is 1.19 bits per heavy atom. The van der Waals surface area contributed by atoms with E-state index >= 15 is 0 Å². The van der Waals surface area contributed by atoms with Crippen LogP contribution in [0.15, 0.2) is 22.2 Å². The summed E-state index contributed by atoms with van der Waals surface area (Å²) in [5, 5.41) is 0. The number of allylic oxidation sites excluding steroid dienone is 2. The maximum Gasteiger partial charge on any atom is 0.123 e. The maximum atomic E-state index is 6.06. The summed E-state index contributed by atoms with van der Waals surface area (Å²) in [7, 11) is 0. The van der Waals surface area contributed by atoms with Gasteiger partial charge in [0.15, 0.2) is 0 Å². The molecule has 1 nitrogen and oxygen atoms in total. The molecule has 0 bridgehead atoms. The summed E-state index contributed by atoms with van der Waals surface area (Å²) in [5.74, 6) is 0. The van der Waals surface area contributed by atoms with E-state index in [4.69, 9.17) is 4.74 Å². The molecular weight excluding hydrogens is 264 g/mol. The van der Waals surface area contributed by atoms with Crippen LogP contribution in [0.1, 0.15) is 41.5 Å². The standard InChI is InChI=1S/C14H21BrO/c1-12(2,3)10-7-9(15)8-14(11(10)16-14)13(4,5)6/h7-8,11H,1-6H3. The molecule has 2 aliphatic rings. The lowest BCUT2D eigenvalue weighted by Crippen LogP contribution is -2.34. The van der Waals surface area contributed by atoms with Crippen LogP contribution in [-0.4, -0.2) is 11.7 Å². The van der Waals surface area contributed by atoms with Crippen molar-refractivity contribution in [3.05, 3.63) is 22.2 Å². The van der Waals surface area contributed by atoms with Gasteiger partial charge in [-0.05, 0) is 28.6 Å². The zero-order valence-electron chi connectivity index (χ0n) is 11.0. The van der Waals surface area contributed by atoms with Crippen molar-refractivity contribution in [3.8, 4) is 0 Å². The SMILES string of the molecule is CC(C)(C)C1=CC(Br)=CC2(C(C)(C)C)OC12. The number of epoxide rings is 1. The van der Waals surface area contributed by atoms with Gasteiger partial charge < -0.3 is 4.74 Å². The van der Waals surface area contributed by atoms with Crippen molar-refractivity contribution in [1.82, 2.24) is 0 Å². The fraction of sp³-hybridized carbons (Fsp3) is 0.714. The minimum Gasteiger partial charge on any atom is -0.356 e. The number of hydrogen-bond acceptors (Lipinski definition) is 1. The largest absolute Gasteiger partial charge is 0.356 e. The minimum atomic E-state index is -0.0941. The fourth-order valence-corrected chi connectivity index (χ4v) is 3.02. The Hall–Kier alpha value is -0.0800. The molecule has 2 heteroatoms. The first-order chi connectivity index (χ1) is 7.08. The topological polar surface area (TPSA) is 12.5 Å². The lowest BCUT2D eigenvalue weighted by atomic mass is 9.70. The number of fused-ring (bicyclic) bond motifs is 1. The average Bonchev–Trinajstić information content (AvgIpc) is 2.74. The second-order valence-electron chi connectivity index (χ2n) is 6.92. The summed E-state index contributed by atoms with van der Waals surface area (Å²) in [4.78, 5) is 0. The van der Waals surface area contributed by atoms with E-state index in [0.717, 1.165) is 4.48 Å². The molecule has 2 atom stereocenters. The molecule has 0 spiro atoms. The normalized spacial score (nSPS) is 34.1. The van der Waals surface area contributed by atoms with Gasteiger partial charge in [0.1, 0.15) is 11.7 Å². The molecule has 90 valence electrons. The van der Waals surface area contributed by atoms with Gasteiger partial charge in [0.25, 0.3) is 0 Å².